The molecule has 0 aromatic carbocycles. The van der Waals surface area contributed by atoms with Crippen molar-refractivity contribution in [3.63, 3.8) is 0 Å². The van der Waals surface area contributed by atoms with Crippen LogP contribution in [-0.2, 0) is 0 Å². The van der Waals surface area contributed by atoms with Gasteiger partial charge >= 0.3 is 0 Å². The van der Waals surface area contributed by atoms with Crippen LogP contribution in [0.3, 0.4) is 0 Å². The summed E-state index contributed by atoms with van der Waals surface area (Å²) in [5.41, 5.74) is 0.601. The van der Waals surface area contributed by atoms with Gasteiger partial charge in [-0.3, -0.25) is 0 Å². The highest BCUT2D eigenvalue weighted by Gasteiger charge is 2.22. The van der Waals surface area contributed by atoms with E-state index in [1.54, 1.807) is 12.3 Å². The number of aromatic nitrogens is 2. The van der Waals surface area contributed by atoms with Gasteiger partial charge in [-0.1, -0.05) is 0 Å². The van der Waals surface area contributed by atoms with Crippen molar-refractivity contribution in [2.24, 2.45) is 0 Å². The maximum atomic E-state index is 8.96. The molecule has 1 atom stereocenters. The second kappa shape index (κ2) is 4.49. The fourth-order valence-electron chi connectivity index (χ4n) is 1.67. The van der Waals surface area contributed by atoms with E-state index in [4.69, 9.17) is 5.26 Å². The van der Waals surface area contributed by atoms with Crippen LogP contribution in [-0.4, -0.2) is 34.8 Å². The molecule has 4 nitrogen and oxygen atoms in total. The Bertz CT molecular complexity index is 381. The molecule has 0 spiro atoms. The molecule has 5 heteroatoms. The summed E-state index contributed by atoms with van der Waals surface area (Å²) in [6.45, 7) is 0. The number of thioether (sulfide) groups is 1. The Labute approximate surface area is 93.3 Å². The van der Waals surface area contributed by atoms with Crippen LogP contribution in [0.2, 0.25) is 0 Å². The molecular formula is C10H12N4S. The largest absolute Gasteiger partial charge is 0.353 e. The fourth-order valence-corrected chi connectivity index (χ4v) is 2.94. The van der Waals surface area contributed by atoms with E-state index in [0.29, 0.717) is 17.4 Å². The smallest absolute Gasteiger partial charge is 0.169 e. The minimum Gasteiger partial charge on any atom is -0.353 e. The van der Waals surface area contributed by atoms with Crippen molar-refractivity contribution in [2.45, 2.75) is 12.5 Å². The number of anilines is 1. The van der Waals surface area contributed by atoms with Crippen LogP contribution in [0.5, 0.6) is 0 Å². The van der Waals surface area contributed by atoms with Gasteiger partial charge in [-0.25, -0.2) is 0 Å². The zero-order valence-corrected chi connectivity index (χ0v) is 9.37. The molecule has 0 amide bonds. The zero-order valence-electron chi connectivity index (χ0n) is 8.55. The summed E-state index contributed by atoms with van der Waals surface area (Å²) in [6.07, 6.45) is 2.71. The quantitative estimate of drug-likeness (QED) is 0.751. The molecule has 1 aliphatic heterocycles. The van der Waals surface area contributed by atoms with E-state index in [2.05, 4.69) is 21.2 Å². The highest BCUT2D eigenvalue weighted by Crippen LogP contribution is 2.25. The molecule has 1 aromatic rings. The minimum absolute atomic E-state index is 0.485. The Balaban J connectivity index is 2.24. The van der Waals surface area contributed by atoms with Crippen molar-refractivity contribution >= 4 is 17.6 Å². The first-order chi connectivity index (χ1) is 7.33. The SMILES string of the molecule is CN(c1nnccc1C#N)C1CCSC1. The molecular weight excluding hydrogens is 208 g/mol. The molecule has 0 N–H and O–H groups in total. The summed E-state index contributed by atoms with van der Waals surface area (Å²) in [5.74, 6) is 3.00. The summed E-state index contributed by atoms with van der Waals surface area (Å²) >= 11 is 1.95. The molecule has 2 rings (SSSR count). The van der Waals surface area contributed by atoms with Gasteiger partial charge in [0.25, 0.3) is 0 Å². The van der Waals surface area contributed by atoms with E-state index < -0.39 is 0 Å². The van der Waals surface area contributed by atoms with E-state index in [-0.39, 0.29) is 0 Å². The average molecular weight is 220 g/mol. The Hall–Kier alpha value is -1.28. The lowest BCUT2D eigenvalue weighted by atomic mass is 10.2. The van der Waals surface area contributed by atoms with Crippen LogP contribution in [0.1, 0.15) is 12.0 Å². The van der Waals surface area contributed by atoms with Crippen molar-refractivity contribution < 1.29 is 0 Å². The van der Waals surface area contributed by atoms with Gasteiger partial charge in [0.1, 0.15) is 6.07 Å². The van der Waals surface area contributed by atoms with Gasteiger partial charge < -0.3 is 4.90 Å². The molecule has 1 unspecified atom stereocenters. The summed E-state index contributed by atoms with van der Waals surface area (Å²) in [5, 5.41) is 16.8. The molecule has 0 radical (unpaired) electrons. The van der Waals surface area contributed by atoms with Crippen LogP contribution < -0.4 is 4.90 Å². The summed E-state index contributed by atoms with van der Waals surface area (Å²) in [7, 11) is 1.99. The molecule has 0 bridgehead atoms. The van der Waals surface area contributed by atoms with E-state index in [9.17, 15) is 0 Å². The molecule has 15 heavy (non-hydrogen) atoms. The zero-order chi connectivity index (χ0) is 10.7. The highest BCUT2D eigenvalue weighted by molar-refractivity contribution is 7.99. The van der Waals surface area contributed by atoms with Crippen molar-refractivity contribution in [1.82, 2.24) is 10.2 Å². The molecule has 78 valence electrons. The topological polar surface area (TPSA) is 52.8 Å². The Morgan fingerprint density at radius 1 is 1.67 bits per heavy atom. The van der Waals surface area contributed by atoms with Crippen molar-refractivity contribution in [1.29, 1.82) is 5.26 Å². The predicted octanol–water partition coefficient (Wildman–Crippen LogP) is 1.29. The molecule has 0 aliphatic carbocycles. The molecule has 1 fully saturated rings. The van der Waals surface area contributed by atoms with Crippen LogP contribution in [0.4, 0.5) is 5.82 Å². The van der Waals surface area contributed by atoms with Gasteiger partial charge in [0.05, 0.1) is 11.8 Å². The number of nitriles is 1. The standard InChI is InChI=1S/C10H12N4S/c1-14(9-3-5-15-7-9)10-8(6-11)2-4-12-13-10/h2,4,9H,3,5,7H2,1H3. The number of rotatable bonds is 2. The summed E-state index contributed by atoms with van der Waals surface area (Å²) in [6, 6.07) is 4.34. The van der Waals surface area contributed by atoms with Crippen molar-refractivity contribution in [3.05, 3.63) is 17.8 Å². The first-order valence-electron chi connectivity index (χ1n) is 4.85. The maximum Gasteiger partial charge on any atom is 0.169 e. The van der Waals surface area contributed by atoms with Crippen molar-refractivity contribution in [3.8, 4) is 6.07 Å². The van der Waals surface area contributed by atoms with Gasteiger partial charge in [-0.2, -0.15) is 22.1 Å². The van der Waals surface area contributed by atoms with Gasteiger partial charge in [-0.15, -0.1) is 5.10 Å². The predicted molar refractivity (Wildman–Crippen MR) is 60.9 cm³/mol. The number of hydrogen-bond donors (Lipinski definition) is 0. The second-order valence-corrected chi connectivity index (χ2v) is 4.66. The van der Waals surface area contributed by atoms with Crippen molar-refractivity contribution in [2.75, 3.05) is 23.5 Å². The molecule has 2 heterocycles. The van der Waals surface area contributed by atoms with E-state index >= 15 is 0 Å². The second-order valence-electron chi connectivity index (χ2n) is 3.51. The third kappa shape index (κ3) is 2.05. The van der Waals surface area contributed by atoms with Crippen LogP contribution >= 0.6 is 11.8 Å². The monoisotopic (exact) mass is 220 g/mol. The lowest BCUT2D eigenvalue weighted by molar-refractivity contribution is 0.685. The first-order valence-corrected chi connectivity index (χ1v) is 6.00. The molecule has 1 aromatic heterocycles. The Morgan fingerprint density at radius 3 is 3.20 bits per heavy atom. The van der Waals surface area contributed by atoms with E-state index in [1.165, 1.54) is 5.75 Å². The summed E-state index contributed by atoms with van der Waals surface area (Å²) in [4.78, 5) is 2.07. The van der Waals surface area contributed by atoms with E-state index in [1.807, 2.05) is 18.8 Å². The number of nitrogens with zero attached hydrogens (tertiary/aromatic N) is 4. The first kappa shape index (κ1) is 10.2. The lowest BCUT2D eigenvalue weighted by Gasteiger charge is -2.24. The van der Waals surface area contributed by atoms with Crippen LogP contribution in [0.15, 0.2) is 12.3 Å². The fraction of sp³-hybridized carbons (Fsp3) is 0.500. The van der Waals surface area contributed by atoms with E-state index in [0.717, 1.165) is 12.2 Å². The normalized spacial score (nSPS) is 19.9. The maximum absolute atomic E-state index is 8.96. The molecule has 1 aliphatic rings. The van der Waals surface area contributed by atoms with Crippen LogP contribution in [0.25, 0.3) is 0 Å². The highest BCUT2D eigenvalue weighted by atomic mass is 32.2. The molecule has 0 saturated carbocycles. The summed E-state index contributed by atoms with van der Waals surface area (Å²) < 4.78 is 0. The Kier molecular flexibility index (Phi) is 3.07. The third-order valence-corrected chi connectivity index (χ3v) is 3.75. The Morgan fingerprint density at radius 2 is 2.53 bits per heavy atom. The third-order valence-electron chi connectivity index (χ3n) is 2.61. The average Bonchev–Trinajstić information content (AvgIpc) is 2.81. The van der Waals surface area contributed by atoms with Crippen LogP contribution in [0, 0.1) is 11.3 Å². The van der Waals surface area contributed by atoms with Gasteiger partial charge in [-0.05, 0) is 18.2 Å². The van der Waals surface area contributed by atoms with Gasteiger partial charge in [0, 0.05) is 18.8 Å². The molecule has 1 saturated heterocycles. The number of hydrogen-bond acceptors (Lipinski definition) is 5. The van der Waals surface area contributed by atoms with Gasteiger partial charge in [0.15, 0.2) is 5.82 Å². The minimum atomic E-state index is 0.485. The lowest BCUT2D eigenvalue weighted by Crippen LogP contribution is -2.32. The van der Waals surface area contributed by atoms with Gasteiger partial charge in [0.2, 0.25) is 0 Å².